The molecule has 0 aromatic heterocycles. The highest BCUT2D eigenvalue weighted by molar-refractivity contribution is 5.68. The lowest BCUT2D eigenvalue weighted by atomic mass is 10.0. The van der Waals surface area contributed by atoms with Gasteiger partial charge in [0.2, 0.25) is 6.41 Å². The van der Waals surface area contributed by atoms with E-state index in [2.05, 4.69) is 5.32 Å². The minimum absolute atomic E-state index is 0.182. The number of carbonyl (C=O) groups excluding carboxylic acids is 1. The van der Waals surface area contributed by atoms with Gasteiger partial charge in [-0.05, 0) is 17.7 Å². The third-order valence-corrected chi connectivity index (χ3v) is 2.82. The van der Waals surface area contributed by atoms with E-state index in [1.54, 1.807) is 18.2 Å². The van der Waals surface area contributed by atoms with E-state index in [0.717, 1.165) is 6.42 Å². The second-order valence-electron chi connectivity index (χ2n) is 4.19. The molecule has 0 saturated heterocycles. The van der Waals surface area contributed by atoms with Crippen LogP contribution in [-0.4, -0.2) is 30.7 Å². The molecule has 19 heavy (non-hydrogen) atoms. The maximum atomic E-state index is 10.8. The van der Waals surface area contributed by atoms with Crippen molar-refractivity contribution in [2.75, 3.05) is 13.2 Å². The van der Waals surface area contributed by atoms with Crippen molar-refractivity contribution >= 4 is 12.4 Å². The molecular weight excluding hydrogens is 250 g/mol. The van der Waals surface area contributed by atoms with Crippen molar-refractivity contribution in [3.05, 3.63) is 23.8 Å². The predicted octanol–water partition coefficient (Wildman–Crippen LogP) is 1.11. The Kier molecular flexibility index (Phi) is 4.22. The minimum Gasteiger partial charge on any atom is -0.490 e. The summed E-state index contributed by atoms with van der Waals surface area (Å²) >= 11 is 0. The first-order valence-electron chi connectivity index (χ1n) is 6.01. The van der Waals surface area contributed by atoms with Crippen LogP contribution < -0.4 is 14.8 Å². The Morgan fingerprint density at radius 1 is 1.37 bits per heavy atom. The number of carboxylic acid groups (broad SMARTS) is 1. The summed E-state index contributed by atoms with van der Waals surface area (Å²) in [5, 5.41) is 11.3. The van der Waals surface area contributed by atoms with Crippen LogP contribution in [0.15, 0.2) is 18.2 Å². The predicted molar refractivity (Wildman–Crippen MR) is 66.2 cm³/mol. The third-order valence-electron chi connectivity index (χ3n) is 2.82. The van der Waals surface area contributed by atoms with Gasteiger partial charge in [0.1, 0.15) is 0 Å². The van der Waals surface area contributed by atoms with Crippen LogP contribution in [0.3, 0.4) is 0 Å². The van der Waals surface area contributed by atoms with Crippen LogP contribution in [-0.2, 0) is 9.59 Å². The van der Waals surface area contributed by atoms with Crippen LogP contribution in [0, 0.1) is 0 Å². The topological polar surface area (TPSA) is 84.9 Å². The molecule has 2 N–H and O–H groups in total. The third kappa shape index (κ3) is 3.37. The van der Waals surface area contributed by atoms with E-state index >= 15 is 0 Å². The average molecular weight is 265 g/mol. The summed E-state index contributed by atoms with van der Waals surface area (Å²) < 4.78 is 11.0. The number of rotatable bonds is 5. The maximum absolute atomic E-state index is 10.8. The number of ether oxygens (including phenoxy) is 2. The molecule has 0 radical (unpaired) electrons. The lowest BCUT2D eigenvalue weighted by Gasteiger charge is -2.16. The van der Waals surface area contributed by atoms with Crippen LogP contribution in [0.5, 0.6) is 11.5 Å². The van der Waals surface area contributed by atoms with E-state index in [1.165, 1.54) is 0 Å². The molecule has 0 spiro atoms. The fourth-order valence-corrected chi connectivity index (χ4v) is 1.93. The fraction of sp³-hybridized carbons (Fsp3) is 0.385. The van der Waals surface area contributed by atoms with Crippen LogP contribution in [0.4, 0.5) is 0 Å². The Labute approximate surface area is 110 Å². The van der Waals surface area contributed by atoms with Crippen molar-refractivity contribution in [1.82, 2.24) is 5.32 Å². The van der Waals surface area contributed by atoms with E-state index in [1.807, 2.05) is 0 Å². The number of nitrogens with one attached hydrogen (secondary N) is 1. The molecule has 6 heteroatoms. The Morgan fingerprint density at radius 2 is 2.11 bits per heavy atom. The van der Waals surface area contributed by atoms with Gasteiger partial charge in [-0.15, -0.1) is 0 Å². The summed E-state index contributed by atoms with van der Waals surface area (Å²) in [5.41, 5.74) is 0.679. The summed E-state index contributed by atoms with van der Waals surface area (Å²) in [6.45, 7) is 1.15. The van der Waals surface area contributed by atoms with E-state index < -0.39 is 12.0 Å². The summed E-state index contributed by atoms with van der Waals surface area (Å²) in [6, 6.07) is 4.60. The summed E-state index contributed by atoms with van der Waals surface area (Å²) in [4.78, 5) is 21.3. The lowest BCUT2D eigenvalue weighted by Crippen LogP contribution is -2.22. The number of carbonyl (C=O) groups is 2. The van der Waals surface area contributed by atoms with Gasteiger partial charge in [-0.3, -0.25) is 9.59 Å². The van der Waals surface area contributed by atoms with Crippen LogP contribution >= 0.6 is 0 Å². The van der Waals surface area contributed by atoms with Gasteiger partial charge in [0.15, 0.2) is 11.5 Å². The van der Waals surface area contributed by atoms with Crippen LogP contribution in [0.2, 0.25) is 0 Å². The molecular formula is C13H15NO5. The highest BCUT2D eigenvalue weighted by atomic mass is 16.5. The largest absolute Gasteiger partial charge is 0.490 e. The smallest absolute Gasteiger partial charge is 0.305 e. The van der Waals surface area contributed by atoms with Gasteiger partial charge in [0.05, 0.1) is 25.7 Å². The van der Waals surface area contributed by atoms with Gasteiger partial charge < -0.3 is 19.9 Å². The zero-order valence-corrected chi connectivity index (χ0v) is 10.3. The van der Waals surface area contributed by atoms with E-state index in [0.29, 0.717) is 36.7 Å². The highest BCUT2D eigenvalue weighted by Crippen LogP contribution is 2.32. The maximum Gasteiger partial charge on any atom is 0.305 e. The molecule has 1 aromatic rings. The van der Waals surface area contributed by atoms with Gasteiger partial charge in [0, 0.05) is 6.42 Å². The first kappa shape index (κ1) is 13.2. The molecule has 1 atom stereocenters. The average Bonchev–Trinajstić information content (AvgIpc) is 2.62. The molecule has 0 fully saturated rings. The number of carboxylic acids is 1. The number of benzene rings is 1. The van der Waals surface area contributed by atoms with Gasteiger partial charge in [-0.25, -0.2) is 0 Å². The highest BCUT2D eigenvalue weighted by Gasteiger charge is 2.18. The first-order valence-corrected chi connectivity index (χ1v) is 6.01. The molecule has 1 aliphatic heterocycles. The molecule has 0 aliphatic carbocycles. The number of hydrogen-bond acceptors (Lipinski definition) is 4. The number of amides is 1. The lowest BCUT2D eigenvalue weighted by molar-refractivity contribution is -0.137. The van der Waals surface area contributed by atoms with Crippen molar-refractivity contribution < 1.29 is 24.2 Å². The van der Waals surface area contributed by atoms with Crippen LogP contribution in [0.1, 0.15) is 24.4 Å². The molecule has 102 valence electrons. The monoisotopic (exact) mass is 265 g/mol. The quantitative estimate of drug-likeness (QED) is 0.779. The normalized spacial score (nSPS) is 15.2. The Balaban J connectivity index is 2.24. The molecule has 2 rings (SSSR count). The van der Waals surface area contributed by atoms with Gasteiger partial charge in [-0.2, -0.15) is 0 Å². The SMILES string of the molecule is O=CNC(CC(=O)O)c1ccc2c(c1)OCCCO2. The van der Waals surface area contributed by atoms with Gasteiger partial charge in [0.25, 0.3) is 0 Å². The summed E-state index contributed by atoms with van der Waals surface area (Å²) in [5.74, 6) is 0.242. The second kappa shape index (κ2) is 6.08. The molecule has 1 aliphatic rings. The van der Waals surface area contributed by atoms with E-state index in [9.17, 15) is 9.59 Å². The zero-order valence-electron chi connectivity index (χ0n) is 10.3. The van der Waals surface area contributed by atoms with Crippen molar-refractivity contribution in [3.63, 3.8) is 0 Å². The molecule has 0 saturated carbocycles. The van der Waals surface area contributed by atoms with Crippen molar-refractivity contribution in [1.29, 1.82) is 0 Å². The molecule has 1 aromatic carbocycles. The van der Waals surface area contributed by atoms with Crippen molar-refractivity contribution in [2.45, 2.75) is 18.9 Å². The number of aliphatic carboxylic acids is 1. The summed E-state index contributed by atoms with van der Waals surface area (Å²) in [7, 11) is 0. The second-order valence-corrected chi connectivity index (χ2v) is 4.19. The Hall–Kier alpha value is -2.24. The number of fused-ring (bicyclic) bond motifs is 1. The first-order chi connectivity index (χ1) is 9.20. The van der Waals surface area contributed by atoms with E-state index in [-0.39, 0.29) is 6.42 Å². The van der Waals surface area contributed by atoms with Gasteiger partial charge in [-0.1, -0.05) is 6.07 Å². The Bertz CT molecular complexity index is 474. The van der Waals surface area contributed by atoms with Gasteiger partial charge >= 0.3 is 5.97 Å². The van der Waals surface area contributed by atoms with Crippen molar-refractivity contribution in [2.24, 2.45) is 0 Å². The molecule has 0 bridgehead atoms. The molecule has 1 amide bonds. The molecule has 1 heterocycles. The zero-order chi connectivity index (χ0) is 13.7. The standard InChI is InChI=1S/C13H15NO5/c15-8-14-10(7-13(16)17)9-2-3-11-12(6-9)19-5-1-4-18-11/h2-3,6,8,10H,1,4-5,7H2,(H,14,15)(H,16,17). The van der Waals surface area contributed by atoms with E-state index in [4.69, 9.17) is 14.6 Å². The summed E-state index contributed by atoms with van der Waals surface area (Å²) in [6.07, 6.45) is 1.12. The Morgan fingerprint density at radius 3 is 2.79 bits per heavy atom. The fourth-order valence-electron chi connectivity index (χ4n) is 1.93. The number of hydrogen-bond donors (Lipinski definition) is 2. The molecule has 6 nitrogen and oxygen atoms in total. The molecule has 1 unspecified atom stereocenters. The minimum atomic E-state index is -0.980. The van der Waals surface area contributed by atoms with Crippen LogP contribution in [0.25, 0.3) is 0 Å². The van der Waals surface area contributed by atoms with Crippen molar-refractivity contribution in [3.8, 4) is 11.5 Å².